The first kappa shape index (κ1) is 11.7. The van der Waals surface area contributed by atoms with E-state index in [-0.39, 0.29) is 0 Å². The van der Waals surface area contributed by atoms with Crippen molar-refractivity contribution in [1.29, 1.82) is 0 Å². The lowest BCUT2D eigenvalue weighted by Crippen LogP contribution is -2.47. The van der Waals surface area contributed by atoms with Gasteiger partial charge in [0.05, 0.1) is 6.17 Å². The van der Waals surface area contributed by atoms with Crippen LogP contribution in [0.15, 0.2) is 12.7 Å². The van der Waals surface area contributed by atoms with E-state index in [1.165, 1.54) is 0 Å². The van der Waals surface area contributed by atoms with Gasteiger partial charge in [-0.25, -0.2) is 0 Å². The third-order valence-electron chi connectivity index (χ3n) is 1.47. The maximum Gasteiger partial charge on any atom is 0.0610 e. The van der Waals surface area contributed by atoms with Gasteiger partial charge in [-0.2, -0.15) is 0 Å². The topological polar surface area (TPSA) is 24.1 Å². The fourth-order valence-electron chi connectivity index (χ4n) is 1.16. The SMILES string of the molecule is C=CCC(NC(C)C)NC(C)C. The maximum atomic E-state index is 3.74. The Labute approximate surface area is 76.4 Å². The zero-order valence-electron chi connectivity index (χ0n) is 8.72. The van der Waals surface area contributed by atoms with E-state index < -0.39 is 0 Å². The molecule has 0 radical (unpaired) electrons. The molecule has 0 atom stereocenters. The van der Waals surface area contributed by atoms with E-state index in [1.54, 1.807) is 0 Å². The summed E-state index contributed by atoms with van der Waals surface area (Å²) in [6.45, 7) is 12.3. The van der Waals surface area contributed by atoms with Crippen molar-refractivity contribution >= 4 is 0 Å². The molecule has 0 saturated carbocycles. The number of hydrogen-bond acceptors (Lipinski definition) is 2. The molecule has 0 aromatic carbocycles. The van der Waals surface area contributed by atoms with E-state index in [2.05, 4.69) is 44.9 Å². The molecule has 0 fully saturated rings. The third-order valence-corrected chi connectivity index (χ3v) is 1.47. The second-order valence-corrected chi connectivity index (χ2v) is 3.72. The van der Waals surface area contributed by atoms with Crippen LogP contribution in [0.5, 0.6) is 0 Å². The molecule has 0 bridgehead atoms. The minimum absolute atomic E-state index is 0.363. The molecule has 2 N–H and O–H groups in total. The summed E-state index contributed by atoms with van der Waals surface area (Å²) >= 11 is 0. The second-order valence-electron chi connectivity index (χ2n) is 3.72. The van der Waals surface area contributed by atoms with Crippen LogP contribution in [0.3, 0.4) is 0 Å². The van der Waals surface area contributed by atoms with Crippen LogP contribution in [-0.4, -0.2) is 18.2 Å². The summed E-state index contributed by atoms with van der Waals surface area (Å²) in [4.78, 5) is 0. The van der Waals surface area contributed by atoms with E-state index in [4.69, 9.17) is 0 Å². The van der Waals surface area contributed by atoms with E-state index in [1.807, 2.05) is 6.08 Å². The standard InChI is InChI=1S/C10H22N2/c1-6-7-10(11-8(2)3)12-9(4)5/h6,8-12H,1,7H2,2-5H3. The zero-order valence-corrected chi connectivity index (χ0v) is 8.72. The van der Waals surface area contributed by atoms with Crippen LogP contribution in [0.1, 0.15) is 34.1 Å². The van der Waals surface area contributed by atoms with Gasteiger partial charge < -0.3 is 0 Å². The Kier molecular flexibility index (Phi) is 6.03. The van der Waals surface area contributed by atoms with Crippen LogP contribution in [0, 0.1) is 0 Å². The molecule has 0 aromatic heterocycles. The average Bonchev–Trinajstić information content (AvgIpc) is 1.84. The predicted octanol–water partition coefficient (Wildman–Crippen LogP) is 1.88. The Morgan fingerprint density at radius 2 is 1.50 bits per heavy atom. The molecule has 0 aromatic rings. The minimum atomic E-state index is 0.363. The molecule has 0 spiro atoms. The van der Waals surface area contributed by atoms with Crippen molar-refractivity contribution in [2.75, 3.05) is 0 Å². The van der Waals surface area contributed by atoms with Gasteiger partial charge in [0, 0.05) is 12.1 Å². The zero-order chi connectivity index (χ0) is 9.56. The van der Waals surface area contributed by atoms with E-state index in [0.29, 0.717) is 18.2 Å². The van der Waals surface area contributed by atoms with Gasteiger partial charge in [0.15, 0.2) is 0 Å². The first-order valence-electron chi connectivity index (χ1n) is 4.69. The van der Waals surface area contributed by atoms with Crippen LogP contribution in [0.2, 0.25) is 0 Å². The van der Waals surface area contributed by atoms with Crippen LogP contribution in [0.4, 0.5) is 0 Å². The molecule has 0 rings (SSSR count). The summed E-state index contributed by atoms with van der Waals surface area (Å²) < 4.78 is 0. The highest BCUT2D eigenvalue weighted by atomic mass is 15.1. The lowest BCUT2D eigenvalue weighted by Gasteiger charge is -2.23. The van der Waals surface area contributed by atoms with Crippen LogP contribution < -0.4 is 10.6 Å². The number of hydrogen-bond donors (Lipinski definition) is 2. The fraction of sp³-hybridized carbons (Fsp3) is 0.800. The smallest absolute Gasteiger partial charge is 0.0610 e. The Morgan fingerprint density at radius 1 is 1.08 bits per heavy atom. The van der Waals surface area contributed by atoms with Gasteiger partial charge in [-0.05, 0) is 34.1 Å². The quantitative estimate of drug-likeness (QED) is 0.470. The van der Waals surface area contributed by atoms with Gasteiger partial charge in [0.1, 0.15) is 0 Å². The number of nitrogens with one attached hydrogen (secondary N) is 2. The van der Waals surface area contributed by atoms with Crippen molar-refractivity contribution in [3.05, 3.63) is 12.7 Å². The summed E-state index contributed by atoms with van der Waals surface area (Å²) in [5, 5.41) is 6.86. The number of rotatable bonds is 6. The predicted molar refractivity (Wildman–Crippen MR) is 55.1 cm³/mol. The van der Waals surface area contributed by atoms with Crippen molar-refractivity contribution < 1.29 is 0 Å². The van der Waals surface area contributed by atoms with Crippen molar-refractivity contribution in [2.24, 2.45) is 0 Å². The molecule has 0 heterocycles. The Morgan fingerprint density at radius 3 is 1.75 bits per heavy atom. The maximum absolute atomic E-state index is 3.74. The molecule has 2 nitrogen and oxygen atoms in total. The summed E-state index contributed by atoms with van der Waals surface area (Å²) in [7, 11) is 0. The van der Waals surface area contributed by atoms with Crippen LogP contribution >= 0.6 is 0 Å². The van der Waals surface area contributed by atoms with Gasteiger partial charge in [0.25, 0.3) is 0 Å². The van der Waals surface area contributed by atoms with E-state index in [9.17, 15) is 0 Å². The summed E-state index contributed by atoms with van der Waals surface area (Å²) in [5.41, 5.74) is 0. The first-order chi connectivity index (χ1) is 5.56. The summed E-state index contributed by atoms with van der Waals surface area (Å²) in [5.74, 6) is 0. The highest BCUT2D eigenvalue weighted by Gasteiger charge is 2.07. The van der Waals surface area contributed by atoms with Gasteiger partial charge in [-0.1, -0.05) is 6.08 Å². The highest BCUT2D eigenvalue weighted by molar-refractivity contribution is 4.78. The molecule has 0 aliphatic rings. The van der Waals surface area contributed by atoms with Crippen molar-refractivity contribution in [3.63, 3.8) is 0 Å². The van der Waals surface area contributed by atoms with Crippen LogP contribution in [-0.2, 0) is 0 Å². The molecular weight excluding hydrogens is 148 g/mol. The van der Waals surface area contributed by atoms with Gasteiger partial charge >= 0.3 is 0 Å². The Hall–Kier alpha value is -0.340. The van der Waals surface area contributed by atoms with Crippen molar-refractivity contribution in [1.82, 2.24) is 10.6 Å². The van der Waals surface area contributed by atoms with Crippen molar-refractivity contribution in [3.8, 4) is 0 Å². The summed E-state index contributed by atoms with van der Waals surface area (Å²) in [6, 6.07) is 1.03. The Balaban J connectivity index is 3.77. The monoisotopic (exact) mass is 170 g/mol. The minimum Gasteiger partial charge on any atom is -0.299 e. The first-order valence-corrected chi connectivity index (χ1v) is 4.69. The molecule has 12 heavy (non-hydrogen) atoms. The lowest BCUT2D eigenvalue weighted by molar-refractivity contribution is 0.368. The fourth-order valence-corrected chi connectivity index (χ4v) is 1.16. The van der Waals surface area contributed by atoms with E-state index >= 15 is 0 Å². The van der Waals surface area contributed by atoms with E-state index in [0.717, 1.165) is 6.42 Å². The molecule has 2 heteroatoms. The molecule has 0 saturated heterocycles. The van der Waals surface area contributed by atoms with Gasteiger partial charge in [-0.15, -0.1) is 6.58 Å². The molecule has 0 aliphatic carbocycles. The van der Waals surface area contributed by atoms with Crippen molar-refractivity contribution in [2.45, 2.75) is 52.4 Å². The Bertz CT molecular complexity index is 109. The lowest BCUT2D eigenvalue weighted by atomic mass is 10.2. The molecule has 0 unspecified atom stereocenters. The largest absolute Gasteiger partial charge is 0.299 e. The molecule has 72 valence electrons. The van der Waals surface area contributed by atoms with Gasteiger partial charge in [-0.3, -0.25) is 10.6 Å². The normalized spacial score (nSPS) is 11.6. The van der Waals surface area contributed by atoms with Crippen LogP contribution in [0.25, 0.3) is 0 Å². The highest BCUT2D eigenvalue weighted by Crippen LogP contribution is 1.93. The average molecular weight is 170 g/mol. The third kappa shape index (κ3) is 6.38. The molecular formula is C10H22N2. The second kappa shape index (κ2) is 6.21. The van der Waals surface area contributed by atoms with Gasteiger partial charge in [0.2, 0.25) is 0 Å². The molecule has 0 amide bonds. The molecule has 0 aliphatic heterocycles. The summed E-state index contributed by atoms with van der Waals surface area (Å²) in [6.07, 6.45) is 3.27.